The van der Waals surface area contributed by atoms with E-state index in [2.05, 4.69) is 5.32 Å². The molecule has 0 aromatic heterocycles. The average Bonchev–Trinajstić information content (AvgIpc) is 2.31. The highest BCUT2D eigenvalue weighted by Crippen LogP contribution is 2.25. The van der Waals surface area contributed by atoms with Crippen LogP contribution in [0.5, 0.6) is 5.75 Å². The van der Waals surface area contributed by atoms with Gasteiger partial charge in [-0.15, -0.1) is 0 Å². The Kier molecular flexibility index (Phi) is 5.05. The first-order valence-electron chi connectivity index (χ1n) is 5.62. The van der Waals surface area contributed by atoms with Crippen LogP contribution in [0.25, 0.3) is 0 Å². The van der Waals surface area contributed by atoms with Gasteiger partial charge in [-0.1, -0.05) is 0 Å². The van der Waals surface area contributed by atoms with Gasteiger partial charge in [0.1, 0.15) is 5.75 Å². The predicted octanol–water partition coefficient (Wildman–Crippen LogP) is 2.16. The van der Waals surface area contributed by atoms with Gasteiger partial charge in [0, 0.05) is 17.8 Å². The monoisotopic (exact) mass is 250 g/mol. The van der Waals surface area contributed by atoms with E-state index >= 15 is 0 Å². The molecular weight excluding hydrogens is 232 g/mol. The largest absolute Gasteiger partial charge is 0.497 e. The lowest BCUT2D eigenvalue weighted by molar-refractivity contribution is -0.137. The molecule has 0 spiro atoms. The second-order valence-electron chi connectivity index (χ2n) is 3.66. The molecule has 0 atom stereocenters. The molecule has 1 aromatic carbocycles. The minimum atomic E-state index is -0.380. The van der Waals surface area contributed by atoms with Gasteiger partial charge in [0.15, 0.2) is 0 Å². The number of hydrogen-bond donors (Lipinski definition) is 2. The third kappa shape index (κ3) is 4.01. The van der Waals surface area contributed by atoms with E-state index < -0.39 is 0 Å². The maximum atomic E-state index is 11.2. The minimum Gasteiger partial charge on any atom is -0.497 e. The van der Waals surface area contributed by atoms with Crippen molar-refractivity contribution in [3.05, 3.63) is 30.0 Å². The summed E-state index contributed by atoms with van der Waals surface area (Å²) in [6.45, 7) is 3.88. The second kappa shape index (κ2) is 6.54. The van der Waals surface area contributed by atoms with Crippen molar-refractivity contribution < 1.29 is 14.3 Å². The van der Waals surface area contributed by atoms with Crippen LogP contribution in [-0.4, -0.2) is 19.7 Å². The standard InChI is InChI=1S/C13H18N2O3/c1-4-18-13(16)7-9(2)15-12-6-5-10(17-3)8-11(12)14/h5-8,15H,4,14H2,1-3H3/b9-7-. The number of benzene rings is 1. The summed E-state index contributed by atoms with van der Waals surface area (Å²) in [7, 11) is 1.58. The van der Waals surface area contributed by atoms with Gasteiger partial charge in [-0.2, -0.15) is 0 Å². The minimum absolute atomic E-state index is 0.354. The number of methoxy groups -OCH3 is 1. The molecule has 3 N–H and O–H groups in total. The Morgan fingerprint density at radius 1 is 1.50 bits per heavy atom. The fourth-order valence-corrected chi connectivity index (χ4v) is 1.39. The molecule has 5 heteroatoms. The van der Waals surface area contributed by atoms with E-state index in [0.717, 1.165) is 0 Å². The molecular formula is C13H18N2O3. The van der Waals surface area contributed by atoms with Crippen LogP contribution in [-0.2, 0) is 9.53 Å². The molecule has 0 fully saturated rings. The first-order chi connectivity index (χ1) is 8.56. The van der Waals surface area contributed by atoms with E-state index in [-0.39, 0.29) is 5.97 Å². The lowest BCUT2D eigenvalue weighted by Gasteiger charge is -2.10. The number of carbonyl (C=O) groups is 1. The molecule has 98 valence electrons. The second-order valence-corrected chi connectivity index (χ2v) is 3.66. The van der Waals surface area contributed by atoms with Gasteiger partial charge in [0.2, 0.25) is 0 Å². The van der Waals surface area contributed by atoms with Crippen molar-refractivity contribution in [3.63, 3.8) is 0 Å². The molecule has 0 bridgehead atoms. The molecule has 0 aliphatic heterocycles. The number of hydrogen-bond acceptors (Lipinski definition) is 5. The van der Waals surface area contributed by atoms with Gasteiger partial charge in [-0.3, -0.25) is 0 Å². The number of esters is 1. The summed E-state index contributed by atoms with van der Waals surface area (Å²) in [5.74, 6) is 0.305. The number of nitrogens with one attached hydrogen (secondary N) is 1. The summed E-state index contributed by atoms with van der Waals surface area (Å²) < 4.78 is 9.87. The van der Waals surface area contributed by atoms with E-state index in [1.165, 1.54) is 6.08 Å². The highest BCUT2D eigenvalue weighted by atomic mass is 16.5. The zero-order valence-electron chi connectivity index (χ0n) is 10.8. The van der Waals surface area contributed by atoms with Crippen LogP contribution in [0.3, 0.4) is 0 Å². The Bertz CT molecular complexity index is 456. The quantitative estimate of drug-likeness (QED) is 0.476. The molecule has 0 unspecified atom stereocenters. The summed E-state index contributed by atoms with van der Waals surface area (Å²) in [6.07, 6.45) is 1.38. The van der Waals surface area contributed by atoms with Gasteiger partial charge in [0.25, 0.3) is 0 Å². The Morgan fingerprint density at radius 2 is 2.22 bits per heavy atom. The summed E-state index contributed by atoms with van der Waals surface area (Å²) in [5, 5.41) is 3.03. The van der Waals surface area contributed by atoms with E-state index in [1.54, 1.807) is 39.2 Å². The maximum Gasteiger partial charge on any atom is 0.332 e. The average molecular weight is 250 g/mol. The summed E-state index contributed by atoms with van der Waals surface area (Å²) in [5.41, 5.74) is 7.77. The number of allylic oxidation sites excluding steroid dienone is 1. The number of anilines is 2. The third-order valence-electron chi connectivity index (χ3n) is 2.21. The summed E-state index contributed by atoms with van der Waals surface area (Å²) in [4.78, 5) is 11.2. The molecule has 1 rings (SSSR count). The fraction of sp³-hybridized carbons (Fsp3) is 0.308. The van der Waals surface area contributed by atoms with Crippen molar-refractivity contribution >= 4 is 17.3 Å². The van der Waals surface area contributed by atoms with Crippen LogP contribution < -0.4 is 15.8 Å². The topological polar surface area (TPSA) is 73.6 Å². The van der Waals surface area contributed by atoms with Crippen LogP contribution in [0.15, 0.2) is 30.0 Å². The van der Waals surface area contributed by atoms with Gasteiger partial charge in [0.05, 0.1) is 25.1 Å². The van der Waals surface area contributed by atoms with E-state index in [4.69, 9.17) is 15.2 Å². The van der Waals surface area contributed by atoms with Crippen molar-refractivity contribution in [2.45, 2.75) is 13.8 Å². The highest BCUT2D eigenvalue weighted by Gasteiger charge is 2.03. The Hall–Kier alpha value is -2.17. The van der Waals surface area contributed by atoms with Gasteiger partial charge in [-0.25, -0.2) is 4.79 Å². The van der Waals surface area contributed by atoms with Gasteiger partial charge >= 0.3 is 5.97 Å². The first kappa shape index (κ1) is 13.9. The third-order valence-corrected chi connectivity index (χ3v) is 2.21. The van der Waals surface area contributed by atoms with Crippen LogP contribution >= 0.6 is 0 Å². The van der Waals surface area contributed by atoms with Crippen LogP contribution in [0, 0.1) is 0 Å². The molecule has 0 aliphatic rings. The SMILES string of the molecule is CCOC(=O)/C=C(/C)Nc1ccc(OC)cc1N. The smallest absolute Gasteiger partial charge is 0.332 e. The number of ether oxygens (including phenoxy) is 2. The molecule has 0 amide bonds. The molecule has 1 aromatic rings. The lowest BCUT2D eigenvalue weighted by Crippen LogP contribution is -2.05. The van der Waals surface area contributed by atoms with Crippen LogP contribution in [0.2, 0.25) is 0 Å². The van der Waals surface area contributed by atoms with Gasteiger partial charge < -0.3 is 20.5 Å². The molecule has 5 nitrogen and oxygen atoms in total. The molecule has 0 aliphatic carbocycles. The summed E-state index contributed by atoms with van der Waals surface area (Å²) in [6, 6.07) is 5.28. The fourth-order valence-electron chi connectivity index (χ4n) is 1.39. The van der Waals surface area contributed by atoms with Crippen molar-refractivity contribution in [1.82, 2.24) is 0 Å². The van der Waals surface area contributed by atoms with Gasteiger partial charge in [-0.05, 0) is 26.0 Å². The zero-order valence-corrected chi connectivity index (χ0v) is 10.8. The predicted molar refractivity (Wildman–Crippen MR) is 71.4 cm³/mol. The van der Waals surface area contributed by atoms with Crippen molar-refractivity contribution in [2.75, 3.05) is 24.8 Å². The summed E-state index contributed by atoms with van der Waals surface area (Å²) >= 11 is 0. The Morgan fingerprint density at radius 3 is 2.78 bits per heavy atom. The highest BCUT2D eigenvalue weighted by molar-refractivity contribution is 5.84. The number of nitrogens with two attached hydrogens (primary N) is 1. The van der Waals surface area contributed by atoms with Crippen molar-refractivity contribution in [2.24, 2.45) is 0 Å². The Labute approximate surface area is 107 Å². The molecule has 0 heterocycles. The first-order valence-corrected chi connectivity index (χ1v) is 5.62. The van der Waals surface area contributed by atoms with Crippen LogP contribution in [0.1, 0.15) is 13.8 Å². The molecule has 0 saturated carbocycles. The molecule has 0 radical (unpaired) electrons. The van der Waals surface area contributed by atoms with E-state index in [9.17, 15) is 4.79 Å². The Balaban J connectivity index is 2.75. The van der Waals surface area contributed by atoms with Crippen molar-refractivity contribution in [1.29, 1.82) is 0 Å². The zero-order chi connectivity index (χ0) is 13.5. The lowest BCUT2D eigenvalue weighted by atomic mass is 10.2. The molecule has 18 heavy (non-hydrogen) atoms. The molecule has 0 saturated heterocycles. The number of rotatable bonds is 5. The normalized spacial score (nSPS) is 10.9. The van der Waals surface area contributed by atoms with E-state index in [1.807, 2.05) is 0 Å². The number of nitrogen functional groups attached to an aromatic ring is 1. The maximum absolute atomic E-state index is 11.2. The van der Waals surface area contributed by atoms with E-state index in [0.29, 0.717) is 29.4 Å². The number of carbonyl (C=O) groups excluding carboxylic acids is 1. The van der Waals surface area contributed by atoms with Crippen LogP contribution in [0.4, 0.5) is 11.4 Å². The van der Waals surface area contributed by atoms with Crippen molar-refractivity contribution in [3.8, 4) is 5.75 Å².